The lowest BCUT2D eigenvalue weighted by atomic mass is 10.00. The van der Waals surface area contributed by atoms with Crippen molar-refractivity contribution in [1.82, 2.24) is 4.90 Å². The first-order chi connectivity index (χ1) is 8.74. The molecule has 0 aromatic carbocycles. The lowest BCUT2D eigenvalue weighted by Gasteiger charge is -2.22. The van der Waals surface area contributed by atoms with Crippen molar-refractivity contribution in [1.29, 1.82) is 0 Å². The van der Waals surface area contributed by atoms with E-state index in [9.17, 15) is 5.11 Å². The van der Waals surface area contributed by atoms with E-state index in [0.29, 0.717) is 19.1 Å². The maximum Gasteiger partial charge on any atom is 0.158 e. The van der Waals surface area contributed by atoms with E-state index in [1.54, 1.807) is 0 Å². The highest BCUT2D eigenvalue weighted by atomic mass is 16.7. The summed E-state index contributed by atoms with van der Waals surface area (Å²) in [6.07, 6.45) is 3.00. The van der Waals surface area contributed by atoms with Crippen LogP contribution in [0.4, 0.5) is 0 Å². The first-order valence-electron chi connectivity index (χ1n) is 7.38. The molecule has 1 saturated heterocycles. The normalized spacial score (nSPS) is 32.3. The molecule has 1 aliphatic carbocycles. The fourth-order valence-corrected chi connectivity index (χ4v) is 3.39. The van der Waals surface area contributed by atoms with Gasteiger partial charge in [-0.05, 0) is 32.6 Å². The zero-order chi connectivity index (χ0) is 13.0. The lowest BCUT2D eigenvalue weighted by molar-refractivity contribution is -0.141. The maximum atomic E-state index is 9.89. The van der Waals surface area contributed by atoms with E-state index in [1.165, 1.54) is 6.42 Å². The standard InChI is InChI=1S/C14H27NO3/c1-3-17-14(18-4-2)7-8-15-9-11-5-6-13(16)12(11)10-15/h11-14,16H,3-10H2,1-2H3. The molecule has 106 valence electrons. The van der Waals surface area contributed by atoms with Crippen molar-refractivity contribution in [3.63, 3.8) is 0 Å². The Kier molecular flexibility index (Phi) is 5.42. The van der Waals surface area contributed by atoms with Gasteiger partial charge < -0.3 is 19.5 Å². The monoisotopic (exact) mass is 257 g/mol. The molecule has 0 bridgehead atoms. The van der Waals surface area contributed by atoms with E-state index in [4.69, 9.17) is 9.47 Å². The fraction of sp³-hybridized carbons (Fsp3) is 1.00. The highest BCUT2D eigenvalue weighted by Gasteiger charge is 2.41. The van der Waals surface area contributed by atoms with Gasteiger partial charge in [-0.3, -0.25) is 0 Å². The van der Waals surface area contributed by atoms with Crippen molar-refractivity contribution in [3.05, 3.63) is 0 Å². The van der Waals surface area contributed by atoms with Crippen LogP contribution in [0.15, 0.2) is 0 Å². The highest BCUT2D eigenvalue weighted by Crippen LogP contribution is 2.38. The molecule has 0 radical (unpaired) electrons. The Hall–Kier alpha value is -0.160. The van der Waals surface area contributed by atoms with Gasteiger partial charge in [-0.25, -0.2) is 0 Å². The molecule has 2 rings (SSSR count). The summed E-state index contributed by atoms with van der Waals surface area (Å²) in [7, 11) is 0. The van der Waals surface area contributed by atoms with Crippen molar-refractivity contribution < 1.29 is 14.6 Å². The molecule has 2 fully saturated rings. The van der Waals surface area contributed by atoms with Crippen LogP contribution in [0, 0.1) is 11.8 Å². The van der Waals surface area contributed by atoms with Gasteiger partial charge in [0.15, 0.2) is 6.29 Å². The van der Waals surface area contributed by atoms with Crippen LogP contribution in [0.1, 0.15) is 33.1 Å². The van der Waals surface area contributed by atoms with Gasteiger partial charge in [0.05, 0.1) is 6.10 Å². The van der Waals surface area contributed by atoms with E-state index in [0.717, 1.165) is 38.4 Å². The molecule has 1 saturated carbocycles. The number of fused-ring (bicyclic) bond motifs is 1. The average Bonchev–Trinajstić information content (AvgIpc) is 2.90. The molecule has 4 nitrogen and oxygen atoms in total. The minimum atomic E-state index is -0.0645. The van der Waals surface area contributed by atoms with Crippen LogP contribution in [0.25, 0.3) is 0 Å². The second-order valence-corrected chi connectivity index (χ2v) is 5.46. The Morgan fingerprint density at radius 2 is 1.89 bits per heavy atom. The van der Waals surface area contributed by atoms with Crippen molar-refractivity contribution in [2.24, 2.45) is 11.8 Å². The minimum absolute atomic E-state index is 0.0606. The molecule has 3 atom stereocenters. The first kappa shape index (κ1) is 14.3. The molecule has 0 spiro atoms. The number of nitrogens with zero attached hydrogens (tertiary/aromatic N) is 1. The van der Waals surface area contributed by atoms with Crippen LogP contribution >= 0.6 is 0 Å². The highest BCUT2D eigenvalue weighted by molar-refractivity contribution is 4.93. The van der Waals surface area contributed by atoms with Gasteiger partial charge in [0.25, 0.3) is 0 Å². The number of rotatable bonds is 7. The molecule has 2 aliphatic rings. The zero-order valence-electron chi connectivity index (χ0n) is 11.7. The predicted molar refractivity (Wildman–Crippen MR) is 70.3 cm³/mol. The third-order valence-corrected chi connectivity index (χ3v) is 4.28. The Balaban J connectivity index is 1.71. The van der Waals surface area contributed by atoms with Gasteiger partial charge >= 0.3 is 0 Å². The number of likely N-dealkylation sites (tertiary alicyclic amines) is 1. The quantitative estimate of drug-likeness (QED) is 0.702. The van der Waals surface area contributed by atoms with Gasteiger partial charge in [0.2, 0.25) is 0 Å². The lowest BCUT2D eigenvalue weighted by Crippen LogP contribution is -2.29. The van der Waals surface area contributed by atoms with Crippen molar-refractivity contribution in [3.8, 4) is 0 Å². The summed E-state index contributed by atoms with van der Waals surface area (Å²) in [6.45, 7) is 8.63. The summed E-state index contributed by atoms with van der Waals surface area (Å²) in [5.74, 6) is 1.24. The van der Waals surface area contributed by atoms with E-state index >= 15 is 0 Å². The third-order valence-electron chi connectivity index (χ3n) is 4.28. The summed E-state index contributed by atoms with van der Waals surface area (Å²) >= 11 is 0. The second kappa shape index (κ2) is 6.85. The smallest absolute Gasteiger partial charge is 0.158 e. The average molecular weight is 257 g/mol. The van der Waals surface area contributed by atoms with Crippen molar-refractivity contribution in [2.45, 2.75) is 45.5 Å². The molecule has 3 unspecified atom stereocenters. The van der Waals surface area contributed by atoms with Gasteiger partial charge in [-0.1, -0.05) is 0 Å². The minimum Gasteiger partial charge on any atom is -0.393 e. The van der Waals surface area contributed by atoms with Gasteiger partial charge in [0, 0.05) is 45.2 Å². The van der Waals surface area contributed by atoms with Crippen LogP contribution in [-0.4, -0.2) is 55.2 Å². The molecular formula is C14H27NO3. The van der Waals surface area contributed by atoms with Crippen LogP contribution in [0.5, 0.6) is 0 Å². The van der Waals surface area contributed by atoms with Gasteiger partial charge in [-0.15, -0.1) is 0 Å². The number of hydrogen-bond donors (Lipinski definition) is 1. The van der Waals surface area contributed by atoms with Crippen LogP contribution in [0.3, 0.4) is 0 Å². The largest absolute Gasteiger partial charge is 0.393 e. The summed E-state index contributed by atoms with van der Waals surface area (Å²) in [5.41, 5.74) is 0. The molecule has 1 heterocycles. The Bertz CT molecular complexity index is 243. The molecule has 18 heavy (non-hydrogen) atoms. The van der Waals surface area contributed by atoms with E-state index in [1.807, 2.05) is 13.8 Å². The fourth-order valence-electron chi connectivity index (χ4n) is 3.39. The summed E-state index contributed by atoms with van der Waals surface area (Å²) in [6, 6.07) is 0. The molecule has 0 amide bonds. The molecule has 0 aromatic rings. The Morgan fingerprint density at radius 3 is 2.50 bits per heavy atom. The maximum absolute atomic E-state index is 9.89. The summed E-state index contributed by atoms with van der Waals surface area (Å²) in [4.78, 5) is 2.46. The van der Waals surface area contributed by atoms with Crippen LogP contribution in [-0.2, 0) is 9.47 Å². The second-order valence-electron chi connectivity index (χ2n) is 5.46. The number of hydrogen-bond acceptors (Lipinski definition) is 4. The van der Waals surface area contributed by atoms with Crippen LogP contribution in [0.2, 0.25) is 0 Å². The molecular weight excluding hydrogens is 230 g/mol. The zero-order valence-corrected chi connectivity index (χ0v) is 11.7. The molecule has 1 aliphatic heterocycles. The summed E-state index contributed by atoms with van der Waals surface area (Å²) < 4.78 is 11.1. The molecule has 4 heteroatoms. The van der Waals surface area contributed by atoms with Crippen LogP contribution < -0.4 is 0 Å². The van der Waals surface area contributed by atoms with E-state index in [-0.39, 0.29) is 12.4 Å². The van der Waals surface area contributed by atoms with E-state index < -0.39 is 0 Å². The van der Waals surface area contributed by atoms with E-state index in [2.05, 4.69) is 4.90 Å². The molecule has 0 aromatic heterocycles. The number of aliphatic hydroxyl groups excluding tert-OH is 1. The number of aliphatic hydroxyl groups is 1. The van der Waals surface area contributed by atoms with Gasteiger partial charge in [0.1, 0.15) is 0 Å². The first-order valence-corrected chi connectivity index (χ1v) is 7.38. The van der Waals surface area contributed by atoms with Crippen molar-refractivity contribution >= 4 is 0 Å². The predicted octanol–water partition coefficient (Wildman–Crippen LogP) is 1.48. The summed E-state index contributed by atoms with van der Waals surface area (Å²) in [5, 5.41) is 9.89. The third kappa shape index (κ3) is 3.44. The topological polar surface area (TPSA) is 41.9 Å². The Labute approximate surface area is 110 Å². The van der Waals surface area contributed by atoms with Crippen molar-refractivity contribution in [2.75, 3.05) is 32.8 Å². The SMILES string of the molecule is CCOC(CCN1CC2CCC(O)C2C1)OCC. The Morgan fingerprint density at radius 1 is 1.17 bits per heavy atom. The molecule has 1 N–H and O–H groups in total. The van der Waals surface area contributed by atoms with Gasteiger partial charge in [-0.2, -0.15) is 0 Å². The number of ether oxygens (including phenoxy) is 2.